The first-order valence-electron chi connectivity index (χ1n) is 8.03. The molecule has 2 aromatic carbocycles. The Morgan fingerprint density at radius 1 is 0.885 bits per heavy atom. The number of amides is 2. The van der Waals surface area contributed by atoms with E-state index in [2.05, 4.69) is 10.6 Å². The number of carbonyl (C=O) groups excluding carboxylic acids is 2. The van der Waals surface area contributed by atoms with Crippen molar-refractivity contribution in [1.82, 2.24) is 0 Å². The topological polar surface area (TPSA) is 58.2 Å². The molecule has 138 valence electrons. The zero-order valence-corrected chi connectivity index (χ0v) is 14.4. The Hall–Kier alpha value is -2.83. The van der Waals surface area contributed by atoms with Crippen LogP contribution >= 0.6 is 0 Å². The van der Waals surface area contributed by atoms with Crippen LogP contribution in [0.1, 0.15) is 37.3 Å². The lowest BCUT2D eigenvalue weighted by Gasteiger charge is -2.15. The molecule has 2 rings (SSSR count). The molecule has 0 heterocycles. The molecule has 2 N–H and O–H groups in total. The van der Waals surface area contributed by atoms with Gasteiger partial charge in [0.2, 0.25) is 11.8 Å². The molecule has 2 aromatic rings. The molecule has 4 nitrogen and oxygen atoms in total. The first-order valence-corrected chi connectivity index (χ1v) is 8.03. The van der Waals surface area contributed by atoms with Crippen molar-refractivity contribution < 1.29 is 22.8 Å². The molecule has 0 aliphatic heterocycles. The second-order valence-electron chi connectivity index (χ2n) is 6.06. The molecule has 0 aliphatic rings. The second-order valence-corrected chi connectivity index (χ2v) is 6.06. The number of anilines is 2. The summed E-state index contributed by atoms with van der Waals surface area (Å²) in [5.41, 5.74) is 0.152. The van der Waals surface area contributed by atoms with Crippen LogP contribution in [0.25, 0.3) is 0 Å². The summed E-state index contributed by atoms with van der Waals surface area (Å²) in [4.78, 5) is 24.0. The molecular weight excluding hydrogens is 345 g/mol. The number of alkyl halides is 3. The number of para-hydroxylation sites is 2. The summed E-state index contributed by atoms with van der Waals surface area (Å²) < 4.78 is 38.8. The Kier molecular flexibility index (Phi) is 6.02. The standard InChI is InChI=1S/C19H19F3N2O2/c1-12(2)13-7-3-5-9-15(13)23-17(25)11-18(26)24-16-10-6-4-8-14(16)19(20,21)22/h3-10,12H,11H2,1-2H3,(H,23,25)(H,24,26). The lowest BCUT2D eigenvalue weighted by molar-refractivity contribution is -0.137. The number of rotatable bonds is 5. The van der Waals surface area contributed by atoms with Crippen LogP contribution < -0.4 is 10.6 Å². The predicted molar refractivity (Wildman–Crippen MR) is 93.9 cm³/mol. The molecule has 0 saturated heterocycles. The Balaban J connectivity index is 2.04. The van der Waals surface area contributed by atoms with Crippen molar-refractivity contribution in [2.24, 2.45) is 0 Å². The highest BCUT2D eigenvalue weighted by molar-refractivity contribution is 6.08. The van der Waals surface area contributed by atoms with E-state index >= 15 is 0 Å². The number of hydrogen-bond donors (Lipinski definition) is 2. The number of carbonyl (C=O) groups is 2. The summed E-state index contributed by atoms with van der Waals surface area (Å²) in [5.74, 6) is -1.25. The summed E-state index contributed by atoms with van der Waals surface area (Å²) in [7, 11) is 0. The fourth-order valence-electron chi connectivity index (χ4n) is 2.49. The van der Waals surface area contributed by atoms with Crippen molar-refractivity contribution in [2.45, 2.75) is 32.4 Å². The molecule has 0 saturated carbocycles. The molecule has 26 heavy (non-hydrogen) atoms. The lowest BCUT2D eigenvalue weighted by Crippen LogP contribution is -2.23. The fraction of sp³-hybridized carbons (Fsp3) is 0.263. The van der Waals surface area contributed by atoms with Crippen LogP contribution in [0.15, 0.2) is 48.5 Å². The Morgan fingerprint density at radius 3 is 1.96 bits per heavy atom. The number of benzene rings is 2. The normalized spacial score (nSPS) is 11.3. The van der Waals surface area contributed by atoms with Crippen molar-refractivity contribution >= 4 is 23.2 Å². The molecule has 0 aliphatic carbocycles. The van der Waals surface area contributed by atoms with Gasteiger partial charge in [-0.1, -0.05) is 44.2 Å². The van der Waals surface area contributed by atoms with E-state index in [-0.39, 0.29) is 11.6 Å². The molecule has 0 bridgehead atoms. The van der Waals surface area contributed by atoms with E-state index in [1.807, 2.05) is 26.0 Å². The minimum Gasteiger partial charge on any atom is -0.325 e. The van der Waals surface area contributed by atoms with Gasteiger partial charge in [-0.25, -0.2) is 0 Å². The summed E-state index contributed by atoms with van der Waals surface area (Å²) in [6.45, 7) is 3.93. The monoisotopic (exact) mass is 364 g/mol. The maximum atomic E-state index is 12.9. The second kappa shape index (κ2) is 8.03. The first kappa shape index (κ1) is 19.5. The quantitative estimate of drug-likeness (QED) is 0.749. The van der Waals surface area contributed by atoms with Crippen LogP contribution in [0.5, 0.6) is 0 Å². The van der Waals surface area contributed by atoms with Gasteiger partial charge < -0.3 is 10.6 Å². The predicted octanol–water partition coefficient (Wildman–Crippen LogP) is 4.80. The molecular formula is C19H19F3N2O2. The zero-order chi connectivity index (χ0) is 19.3. The van der Waals surface area contributed by atoms with E-state index in [1.54, 1.807) is 12.1 Å². The van der Waals surface area contributed by atoms with Crippen LogP contribution in [-0.4, -0.2) is 11.8 Å². The summed E-state index contributed by atoms with van der Waals surface area (Å²) in [6, 6.07) is 11.8. The van der Waals surface area contributed by atoms with E-state index in [4.69, 9.17) is 0 Å². The van der Waals surface area contributed by atoms with Gasteiger partial charge in [-0.15, -0.1) is 0 Å². The van der Waals surface area contributed by atoms with Gasteiger partial charge in [-0.05, 0) is 29.7 Å². The molecule has 0 fully saturated rings. The Morgan fingerprint density at radius 2 is 1.38 bits per heavy atom. The van der Waals surface area contributed by atoms with Crippen molar-refractivity contribution in [3.8, 4) is 0 Å². The van der Waals surface area contributed by atoms with Gasteiger partial charge in [0.05, 0.1) is 11.3 Å². The summed E-state index contributed by atoms with van der Waals surface area (Å²) in [6.07, 6.45) is -5.18. The van der Waals surface area contributed by atoms with Crippen molar-refractivity contribution in [3.63, 3.8) is 0 Å². The molecule has 7 heteroatoms. The van der Waals surface area contributed by atoms with Gasteiger partial charge in [-0.2, -0.15) is 13.2 Å². The van der Waals surface area contributed by atoms with Crippen LogP contribution in [0, 0.1) is 0 Å². The molecule has 0 unspecified atom stereocenters. The molecule has 0 atom stereocenters. The van der Waals surface area contributed by atoms with Gasteiger partial charge in [0, 0.05) is 5.69 Å². The van der Waals surface area contributed by atoms with Gasteiger partial charge >= 0.3 is 6.18 Å². The van der Waals surface area contributed by atoms with Gasteiger partial charge in [0.15, 0.2) is 0 Å². The molecule has 0 aromatic heterocycles. The first-order chi connectivity index (χ1) is 12.2. The highest BCUT2D eigenvalue weighted by Crippen LogP contribution is 2.34. The molecule has 0 spiro atoms. The minimum absolute atomic E-state index is 0.166. The highest BCUT2D eigenvalue weighted by Gasteiger charge is 2.33. The third-order valence-electron chi connectivity index (χ3n) is 3.68. The van der Waals surface area contributed by atoms with E-state index in [9.17, 15) is 22.8 Å². The SMILES string of the molecule is CC(C)c1ccccc1NC(=O)CC(=O)Nc1ccccc1C(F)(F)F. The van der Waals surface area contributed by atoms with Gasteiger partial charge in [-0.3, -0.25) is 9.59 Å². The fourth-order valence-corrected chi connectivity index (χ4v) is 2.49. The number of nitrogens with one attached hydrogen (secondary N) is 2. The third-order valence-corrected chi connectivity index (χ3v) is 3.68. The largest absolute Gasteiger partial charge is 0.418 e. The van der Waals surface area contributed by atoms with E-state index in [0.717, 1.165) is 17.7 Å². The summed E-state index contributed by atoms with van der Waals surface area (Å²) in [5, 5.41) is 4.78. The van der Waals surface area contributed by atoms with Crippen LogP contribution in [0.2, 0.25) is 0 Å². The zero-order valence-electron chi connectivity index (χ0n) is 14.4. The highest BCUT2D eigenvalue weighted by atomic mass is 19.4. The van der Waals surface area contributed by atoms with Crippen molar-refractivity contribution in [2.75, 3.05) is 10.6 Å². The van der Waals surface area contributed by atoms with Crippen LogP contribution in [-0.2, 0) is 15.8 Å². The van der Waals surface area contributed by atoms with E-state index in [0.29, 0.717) is 5.69 Å². The average molecular weight is 364 g/mol. The van der Waals surface area contributed by atoms with Crippen molar-refractivity contribution in [1.29, 1.82) is 0 Å². The van der Waals surface area contributed by atoms with Gasteiger partial charge in [0.1, 0.15) is 6.42 Å². The van der Waals surface area contributed by atoms with Crippen molar-refractivity contribution in [3.05, 3.63) is 59.7 Å². The maximum Gasteiger partial charge on any atom is 0.418 e. The molecule has 0 radical (unpaired) electrons. The van der Waals surface area contributed by atoms with Gasteiger partial charge in [0.25, 0.3) is 0 Å². The van der Waals surface area contributed by atoms with E-state index in [1.165, 1.54) is 12.1 Å². The maximum absolute atomic E-state index is 12.9. The smallest absolute Gasteiger partial charge is 0.325 e. The third kappa shape index (κ3) is 5.08. The Bertz CT molecular complexity index is 801. The lowest BCUT2D eigenvalue weighted by atomic mass is 10.0. The molecule has 2 amide bonds. The van der Waals surface area contributed by atoms with E-state index < -0.39 is 30.0 Å². The number of hydrogen-bond acceptors (Lipinski definition) is 2. The minimum atomic E-state index is -4.59. The number of halogens is 3. The van der Waals surface area contributed by atoms with Crippen LogP contribution in [0.3, 0.4) is 0 Å². The Labute approximate surface area is 149 Å². The average Bonchev–Trinajstić information content (AvgIpc) is 2.54. The van der Waals surface area contributed by atoms with Crippen LogP contribution in [0.4, 0.5) is 24.5 Å². The summed E-state index contributed by atoms with van der Waals surface area (Å²) >= 11 is 0.